The van der Waals surface area contributed by atoms with Crippen molar-refractivity contribution in [1.82, 2.24) is 0 Å². The second kappa shape index (κ2) is 6.58. The van der Waals surface area contributed by atoms with Gasteiger partial charge in [-0.15, -0.1) is 0 Å². The minimum Gasteiger partial charge on any atom is -0.380 e. The average molecular weight is 241 g/mol. The molecule has 0 amide bonds. The number of benzene rings is 1. The molecule has 0 saturated carbocycles. The summed E-state index contributed by atoms with van der Waals surface area (Å²) in [5.41, 5.74) is 0.616. The molecule has 1 nitrogen and oxygen atoms in total. The van der Waals surface area contributed by atoms with Gasteiger partial charge in [-0.2, -0.15) is 0 Å². The first-order valence-electron chi connectivity index (χ1n) is 6.30. The predicted molar refractivity (Wildman–Crippen MR) is 68.3 cm³/mol. The van der Waals surface area contributed by atoms with Gasteiger partial charge >= 0.3 is 0 Å². The van der Waals surface area contributed by atoms with Crippen LogP contribution in [0.15, 0.2) is 12.1 Å². The zero-order chi connectivity index (χ0) is 12.8. The van der Waals surface area contributed by atoms with E-state index in [0.717, 1.165) is 25.7 Å². The van der Waals surface area contributed by atoms with Crippen molar-refractivity contribution in [3.8, 4) is 0 Å². The Kier molecular flexibility index (Phi) is 5.39. The summed E-state index contributed by atoms with van der Waals surface area (Å²) < 4.78 is 27.0. The first-order chi connectivity index (χ1) is 8.08. The van der Waals surface area contributed by atoms with Gasteiger partial charge < -0.3 is 5.32 Å². The van der Waals surface area contributed by atoms with Crippen LogP contribution in [0.25, 0.3) is 0 Å². The molecule has 0 saturated heterocycles. The third-order valence-corrected chi connectivity index (χ3v) is 3.01. The smallest absolute Gasteiger partial charge is 0.146 e. The van der Waals surface area contributed by atoms with Crippen LogP contribution in [-0.2, 0) is 0 Å². The number of aryl methyl sites for hydroxylation is 1. The standard InChI is InChI=1S/C14H21F2N/c1-4-6-7-11(5-2)17-14-9-12(15)10(3)8-13(14)16/h8-9,11,17H,4-7H2,1-3H3. The minimum atomic E-state index is -0.376. The van der Waals surface area contributed by atoms with Crippen molar-refractivity contribution in [2.24, 2.45) is 0 Å². The maximum atomic E-state index is 13.6. The van der Waals surface area contributed by atoms with E-state index < -0.39 is 0 Å². The summed E-state index contributed by atoms with van der Waals surface area (Å²) in [4.78, 5) is 0. The lowest BCUT2D eigenvalue weighted by atomic mass is 10.1. The molecule has 1 unspecified atom stereocenters. The van der Waals surface area contributed by atoms with Gasteiger partial charge in [-0.1, -0.05) is 26.7 Å². The van der Waals surface area contributed by atoms with Crippen LogP contribution in [-0.4, -0.2) is 6.04 Å². The Morgan fingerprint density at radius 2 is 1.88 bits per heavy atom. The van der Waals surface area contributed by atoms with Gasteiger partial charge in [0.15, 0.2) is 0 Å². The Labute approximate surface area is 102 Å². The molecule has 1 rings (SSSR count). The number of hydrogen-bond acceptors (Lipinski definition) is 1. The molecule has 1 N–H and O–H groups in total. The maximum Gasteiger partial charge on any atom is 0.146 e. The molecule has 0 aliphatic rings. The first-order valence-corrected chi connectivity index (χ1v) is 6.30. The second-order valence-electron chi connectivity index (χ2n) is 4.47. The van der Waals surface area contributed by atoms with Gasteiger partial charge in [0, 0.05) is 12.1 Å². The fourth-order valence-electron chi connectivity index (χ4n) is 1.81. The van der Waals surface area contributed by atoms with Crippen molar-refractivity contribution >= 4 is 5.69 Å². The van der Waals surface area contributed by atoms with Gasteiger partial charge in [-0.05, 0) is 31.4 Å². The van der Waals surface area contributed by atoms with E-state index in [1.165, 1.54) is 12.1 Å². The van der Waals surface area contributed by atoms with Crippen molar-refractivity contribution in [2.45, 2.75) is 52.5 Å². The lowest BCUT2D eigenvalue weighted by Crippen LogP contribution is -2.19. The normalized spacial score (nSPS) is 12.5. The van der Waals surface area contributed by atoms with Crippen LogP contribution >= 0.6 is 0 Å². The van der Waals surface area contributed by atoms with Crippen LogP contribution in [0.1, 0.15) is 45.1 Å². The van der Waals surface area contributed by atoms with Gasteiger partial charge in [-0.3, -0.25) is 0 Å². The Morgan fingerprint density at radius 1 is 1.18 bits per heavy atom. The van der Waals surface area contributed by atoms with E-state index in [0.29, 0.717) is 5.56 Å². The summed E-state index contributed by atoms with van der Waals surface area (Å²) in [6.45, 7) is 5.74. The number of anilines is 1. The van der Waals surface area contributed by atoms with Crippen molar-refractivity contribution in [2.75, 3.05) is 5.32 Å². The number of hydrogen-bond donors (Lipinski definition) is 1. The highest BCUT2D eigenvalue weighted by atomic mass is 19.1. The van der Waals surface area contributed by atoms with Crippen LogP contribution in [0.3, 0.4) is 0 Å². The Hall–Kier alpha value is -1.12. The predicted octanol–water partition coefficient (Wildman–Crippen LogP) is 4.65. The summed E-state index contributed by atoms with van der Waals surface area (Å²) in [7, 11) is 0. The van der Waals surface area contributed by atoms with Crippen LogP contribution in [0.4, 0.5) is 14.5 Å². The molecule has 0 radical (unpaired) electrons. The third kappa shape index (κ3) is 3.99. The van der Waals surface area contributed by atoms with Crippen molar-refractivity contribution < 1.29 is 8.78 Å². The maximum absolute atomic E-state index is 13.6. The molecule has 96 valence electrons. The van der Waals surface area contributed by atoms with Crippen molar-refractivity contribution in [3.05, 3.63) is 29.3 Å². The molecule has 0 fully saturated rings. The first kappa shape index (κ1) is 13.9. The molecule has 1 aromatic rings. The van der Waals surface area contributed by atoms with Crippen molar-refractivity contribution in [1.29, 1.82) is 0 Å². The second-order valence-corrected chi connectivity index (χ2v) is 4.47. The van der Waals surface area contributed by atoms with Gasteiger partial charge in [0.1, 0.15) is 11.6 Å². The highest BCUT2D eigenvalue weighted by Crippen LogP contribution is 2.21. The van der Waals surface area contributed by atoms with E-state index in [2.05, 4.69) is 19.2 Å². The van der Waals surface area contributed by atoms with Crippen LogP contribution in [0.5, 0.6) is 0 Å². The van der Waals surface area contributed by atoms with E-state index in [-0.39, 0.29) is 23.4 Å². The largest absolute Gasteiger partial charge is 0.380 e. The van der Waals surface area contributed by atoms with E-state index in [1.807, 2.05) is 0 Å². The lowest BCUT2D eigenvalue weighted by molar-refractivity contribution is 0.571. The minimum absolute atomic E-state index is 0.214. The number of rotatable bonds is 6. The van der Waals surface area contributed by atoms with Gasteiger partial charge in [0.05, 0.1) is 5.69 Å². The molecule has 0 bridgehead atoms. The molecular formula is C14H21F2N. The van der Waals surface area contributed by atoms with Crippen LogP contribution in [0.2, 0.25) is 0 Å². The molecule has 0 aliphatic carbocycles. The topological polar surface area (TPSA) is 12.0 Å². The molecule has 0 heterocycles. The summed E-state index contributed by atoms with van der Waals surface area (Å²) >= 11 is 0. The fraction of sp³-hybridized carbons (Fsp3) is 0.571. The highest BCUT2D eigenvalue weighted by Gasteiger charge is 2.11. The lowest BCUT2D eigenvalue weighted by Gasteiger charge is -2.18. The van der Waals surface area contributed by atoms with E-state index in [9.17, 15) is 8.78 Å². The zero-order valence-corrected chi connectivity index (χ0v) is 10.8. The summed E-state index contributed by atoms with van der Waals surface area (Å²) in [5.74, 6) is -0.738. The van der Waals surface area contributed by atoms with E-state index in [4.69, 9.17) is 0 Å². The van der Waals surface area contributed by atoms with Gasteiger partial charge in [0.2, 0.25) is 0 Å². The average Bonchev–Trinajstić information content (AvgIpc) is 2.30. The summed E-state index contributed by atoms with van der Waals surface area (Å²) in [6, 6.07) is 2.70. The van der Waals surface area contributed by atoms with E-state index >= 15 is 0 Å². The molecule has 17 heavy (non-hydrogen) atoms. The Bertz CT molecular complexity index is 363. The molecular weight excluding hydrogens is 220 g/mol. The van der Waals surface area contributed by atoms with Crippen molar-refractivity contribution in [3.63, 3.8) is 0 Å². The molecule has 1 atom stereocenters. The van der Waals surface area contributed by atoms with Gasteiger partial charge in [-0.25, -0.2) is 8.78 Å². The Balaban J connectivity index is 2.75. The Morgan fingerprint density at radius 3 is 2.47 bits per heavy atom. The molecule has 3 heteroatoms. The zero-order valence-electron chi connectivity index (χ0n) is 10.8. The number of unbranched alkanes of at least 4 members (excludes halogenated alkanes) is 1. The van der Waals surface area contributed by atoms with E-state index in [1.54, 1.807) is 6.92 Å². The summed E-state index contributed by atoms with van der Waals surface area (Å²) in [5, 5.41) is 3.08. The monoisotopic (exact) mass is 241 g/mol. The molecule has 0 aromatic heterocycles. The molecule has 0 aliphatic heterocycles. The van der Waals surface area contributed by atoms with Crippen LogP contribution < -0.4 is 5.32 Å². The quantitative estimate of drug-likeness (QED) is 0.764. The third-order valence-electron chi connectivity index (χ3n) is 3.01. The molecule has 1 aromatic carbocycles. The fourth-order valence-corrected chi connectivity index (χ4v) is 1.81. The summed E-state index contributed by atoms with van der Waals surface area (Å²) in [6.07, 6.45) is 4.11. The highest BCUT2D eigenvalue weighted by molar-refractivity contribution is 5.47. The number of halogens is 2. The SMILES string of the molecule is CCCCC(CC)Nc1cc(F)c(C)cc1F. The number of nitrogens with one attached hydrogen (secondary N) is 1. The van der Waals surface area contributed by atoms with Crippen LogP contribution in [0, 0.1) is 18.6 Å². The molecule has 0 spiro atoms. The van der Waals surface area contributed by atoms with Gasteiger partial charge in [0.25, 0.3) is 0 Å².